The number of halogens is 1. The van der Waals surface area contributed by atoms with Crippen molar-refractivity contribution in [2.75, 3.05) is 6.54 Å². The molecule has 1 aliphatic rings. The number of carboxylic acid groups (broad SMARTS) is 1. The van der Waals surface area contributed by atoms with Crippen LogP contribution in [0.3, 0.4) is 0 Å². The summed E-state index contributed by atoms with van der Waals surface area (Å²) >= 11 is 0. The topological polar surface area (TPSA) is 69.6 Å². The average Bonchev–Trinajstić information content (AvgIpc) is 2.44. The molecule has 4 nitrogen and oxygen atoms in total. The molecule has 0 aliphatic heterocycles. The van der Waals surface area contributed by atoms with Crippen LogP contribution in [0.4, 0.5) is 4.39 Å². The fourth-order valence-electron chi connectivity index (χ4n) is 2.75. The van der Waals surface area contributed by atoms with Crippen LogP contribution in [0, 0.1) is 11.7 Å². The van der Waals surface area contributed by atoms with E-state index in [2.05, 4.69) is 12.2 Å². The van der Waals surface area contributed by atoms with Crippen molar-refractivity contribution in [1.29, 1.82) is 0 Å². The Bertz CT molecular complexity index is 510. The molecule has 1 aromatic carbocycles. The third kappa shape index (κ3) is 4.25. The molecule has 0 radical (unpaired) electrons. The second-order valence-electron chi connectivity index (χ2n) is 6.12. The molecule has 116 valence electrons. The summed E-state index contributed by atoms with van der Waals surface area (Å²) in [7, 11) is 0. The lowest BCUT2D eigenvalue weighted by Gasteiger charge is -2.35. The maximum atomic E-state index is 13.6. The number of carboxylic acids is 1. The second kappa shape index (κ2) is 6.54. The molecule has 3 N–H and O–H groups in total. The van der Waals surface area contributed by atoms with Gasteiger partial charge in [-0.3, -0.25) is 0 Å². The number of aromatic carboxylic acids is 1. The minimum atomic E-state index is -1.07. The first kappa shape index (κ1) is 15.9. The predicted molar refractivity (Wildman–Crippen MR) is 77.6 cm³/mol. The highest BCUT2D eigenvalue weighted by molar-refractivity contribution is 5.87. The Morgan fingerprint density at radius 1 is 1.43 bits per heavy atom. The number of hydrogen-bond acceptors (Lipinski definition) is 3. The summed E-state index contributed by atoms with van der Waals surface area (Å²) in [6.07, 6.45) is 3.50. The zero-order valence-corrected chi connectivity index (χ0v) is 12.2. The molecular formula is C16H22FNO3. The van der Waals surface area contributed by atoms with Gasteiger partial charge < -0.3 is 15.5 Å². The molecule has 0 unspecified atom stereocenters. The Morgan fingerprint density at radius 3 is 2.71 bits per heavy atom. The molecule has 21 heavy (non-hydrogen) atoms. The van der Waals surface area contributed by atoms with E-state index in [0.717, 1.165) is 31.7 Å². The number of rotatable bonds is 5. The van der Waals surface area contributed by atoms with Crippen LogP contribution in [0.1, 0.15) is 48.5 Å². The van der Waals surface area contributed by atoms with Crippen LogP contribution in [0.5, 0.6) is 0 Å². The van der Waals surface area contributed by atoms with Crippen LogP contribution in [0.2, 0.25) is 0 Å². The first-order valence-electron chi connectivity index (χ1n) is 7.34. The van der Waals surface area contributed by atoms with E-state index < -0.39 is 17.4 Å². The fraction of sp³-hybridized carbons (Fsp3) is 0.562. The van der Waals surface area contributed by atoms with Gasteiger partial charge in [0.1, 0.15) is 5.82 Å². The largest absolute Gasteiger partial charge is 0.478 e. The molecule has 0 amide bonds. The van der Waals surface area contributed by atoms with Gasteiger partial charge in [0.25, 0.3) is 0 Å². The quantitative estimate of drug-likeness (QED) is 0.781. The number of carbonyl (C=O) groups is 1. The van der Waals surface area contributed by atoms with E-state index in [1.54, 1.807) is 0 Å². The molecule has 0 bridgehead atoms. The molecule has 1 aliphatic carbocycles. The average molecular weight is 295 g/mol. The highest BCUT2D eigenvalue weighted by Crippen LogP contribution is 2.31. The Hall–Kier alpha value is -1.46. The van der Waals surface area contributed by atoms with E-state index in [-0.39, 0.29) is 12.1 Å². The molecule has 0 saturated heterocycles. The molecule has 0 aromatic heterocycles. The number of benzene rings is 1. The van der Waals surface area contributed by atoms with Gasteiger partial charge in [-0.2, -0.15) is 0 Å². The lowest BCUT2D eigenvalue weighted by atomic mass is 9.79. The minimum Gasteiger partial charge on any atom is -0.478 e. The molecule has 5 heteroatoms. The van der Waals surface area contributed by atoms with Crippen LogP contribution >= 0.6 is 0 Å². The minimum absolute atomic E-state index is 0.0680. The highest BCUT2D eigenvalue weighted by Gasteiger charge is 2.31. The summed E-state index contributed by atoms with van der Waals surface area (Å²) in [5, 5.41) is 22.4. The zero-order valence-electron chi connectivity index (χ0n) is 12.2. The number of hydrogen-bond donors (Lipinski definition) is 3. The van der Waals surface area contributed by atoms with Crippen molar-refractivity contribution in [3.8, 4) is 0 Å². The summed E-state index contributed by atoms with van der Waals surface area (Å²) in [6.45, 7) is 2.79. The van der Waals surface area contributed by atoms with Gasteiger partial charge >= 0.3 is 5.97 Å². The second-order valence-corrected chi connectivity index (χ2v) is 6.12. The van der Waals surface area contributed by atoms with Gasteiger partial charge in [0.05, 0.1) is 11.2 Å². The smallest absolute Gasteiger partial charge is 0.335 e. The van der Waals surface area contributed by atoms with Crippen LogP contribution < -0.4 is 5.32 Å². The van der Waals surface area contributed by atoms with Gasteiger partial charge in [-0.05, 0) is 49.8 Å². The third-order valence-electron chi connectivity index (χ3n) is 4.27. The van der Waals surface area contributed by atoms with Crippen LogP contribution in [-0.2, 0) is 6.54 Å². The van der Waals surface area contributed by atoms with Crippen molar-refractivity contribution < 1.29 is 19.4 Å². The first-order valence-corrected chi connectivity index (χ1v) is 7.34. The predicted octanol–water partition coefficient (Wildman–Crippen LogP) is 2.55. The fourth-order valence-corrected chi connectivity index (χ4v) is 2.75. The van der Waals surface area contributed by atoms with E-state index in [0.29, 0.717) is 18.0 Å². The monoisotopic (exact) mass is 295 g/mol. The summed E-state index contributed by atoms with van der Waals surface area (Å²) < 4.78 is 13.6. The zero-order chi connectivity index (χ0) is 15.5. The van der Waals surface area contributed by atoms with E-state index in [4.69, 9.17) is 5.11 Å². The van der Waals surface area contributed by atoms with Crippen LogP contribution in [0.15, 0.2) is 18.2 Å². The molecule has 2 rings (SSSR count). The molecule has 0 atom stereocenters. The van der Waals surface area contributed by atoms with Crippen molar-refractivity contribution >= 4 is 5.97 Å². The Morgan fingerprint density at radius 2 is 2.10 bits per heavy atom. The van der Waals surface area contributed by atoms with Crippen molar-refractivity contribution in [3.05, 3.63) is 35.1 Å². The Balaban J connectivity index is 1.91. The van der Waals surface area contributed by atoms with Crippen molar-refractivity contribution in [2.24, 2.45) is 5.92 Å². The lowest BCUT2D eigenvalue weighted by Crippen LogP contribution is -2.43. The number of aliphatic hydroxyl groups is 1. The van der Waals surface area contributed by atoms with E-state index in [1.165, 1.54) is 12.1 Å². The van der Waals surface area contributed by atoms with E-state index >= 15 is 0 Å². The molecular weight excluding hydrogens is 273 g/mol. The third-order valence-corrected chi connectivity index (χ3v) is 4.27. The van der Waals surface area contributed by atoms with Crippen molar-refractivity contribution in [3.63, 3.8) is 0 Å². The van der Waals surface area contributed by atoms with E-state index in [1.807, 2.05) is 0 Å². The summed E-state index contributed by atoms with van der Waals surface area (Å²) in [6, 6.07) is 3.74. The molecule has 0 heterocycles. The molecule has 0 spiro atoms. The lowest BCUT2D eigenvalue weighted by molar-refractivity contribution is -0.00636. The van der Waals surface area contributed by atoms with Crippen LogP contribution in [-0.4, -0.2) is 28.3 Å². The van der Waals surface area contributed by atoms with E-state index in [9.17, 15) is 14.3 Å². The first-order chi connectivity index (χ1) is 9.89. The SMILES string of the molecule is CC1CCC(O)(CNCc2cc(C(=O)O)ccc2F)CC1. The molecule has 1 fully saturated rings. The van der Waals surface area contributed by atoms with Crippen LogP contribution in [0.25, 0.3) is 0 Å². The van der Waals surface area contributed by atoms with Crippen molar-refractivity contribution in [1.82, 2.24) is 5.32 Å². The maximum absolute atomic E-state index is 13.6. The van der Waals surface area contributed by atoms with Gasteiger partial charge in [-0.25, -0.2) is 9.18 Å². The molecule has 1 aromatic rings. The Labute approximate surface area is 124 Å². The Kier molecular flexibility index (Phi) is 4.96. The summed E-state index contributed by atoms with van der Waals surface area (Å²) in [5.41, 5.74) is -0.353. The van der Waals surface area contributed by atoms with Gasteiger partial charge in [-0.1, -0.05) is 6.92 Å². The van der Waals surface area contributed by atoms with Crippen molar-refractivity contribution in [2.45, 2.75) is 44.8 Å². The van der Waals surface area contributed by atoms with Gasteiger partial charge in [0.15, 0.2) is 0 Å². The van der Waals surface area contributed by atoms with Gasteiger partial charge in [0, 0.05) is 18.7 Å². The normalized spacial score (nSPS) is 25.8. The maximum Gasteiger partial charge on any atom is 0.335 e. The highest BCUT2D eigenvalue weighted by atomic mass is 19.1. The number of nitrogens with one attached hydrogen (secondary N) is 1. The molecule has 1 saturated carbocycles. The summed E-state index contributed by atoms with van der Waals surface area (Å²) in [4.78, 5) is 10.9. The standard InChI is InChI=1S/C16H22FNO3/c1-11-4-6-16(21,7-5-11)10-18-9-13-8-12(15(19)20)2-3-14(13)17/h2-3,8,11,18,21H,4-7,9-10H2,1H3,(H,19,20). The van der Waals surface area contributed by atoms with Gasteiger partial charge in [0.2, 0.25) is 0 Å². The van der Waals surface area contributed by atoms with Gasteiger partial charge in [-0.15, -0.1) is 0 Å². The summed E-state index contributed by atoms with van der Waals surface area (Å²) in [5.74, 6) is -0.858.